The molecule has 0 spiro atoms. The molecule has 0 saturated heterocycles. The first-order chi connectivity index (χ1) is 7.53. The Labute approximate surface area is 96.7 Å². The number of para-hydroxylation sites is 1. The minimum absolute atomic E-state index is 0.392. The lowest BCUT2D eigenvalue weighted by Gasteiger charge is -2.09. The molecular formula is C11H17NO3S. The van der Waals surface area contributed by atoms with Gasteiger partial charge in [0, 0.05) is 6.54 Å². The van der Waals surface area contributed by atoms with Crippen LogP contribution in [0.4, 0.5) is 0 Å². The lowest BCUT2D eigenvalue weighted by molar-refractivity contribution is 0.336. The number of ether oxygens (including phenoxy) is 1. The lowest BCUT2D eigenvalue weighted by atomic mass is 10.1. The third kappa shape index (κ3) is 4.63. The van der Waals surface area contributed by atoms with E-state index in [4.69, 9.17) is 4.74 Å². The third-order valence-electron chi connectivity index (χ3n) is 2.03. The molecule has 0 atom stereocenters. The van der Waals surface area contributed by atoms with Gasteiger partial charge in [0.2, 0.25) is 10.0 Å². The predicted molar refractivity (Wildman–Crippen MR) is 64.2 cm³/mol. The first-order valence-electron chi connectivity index (χ1n) is 5.18. The van der Waals surface area contributed by atoms with E-state index in [1.165, 1.54) is 0 Å². The average Bonchev–Trinajstić information content (AvgIpc) is 2.19. The molecule has 0 fully saturated rings. The fraction of sp³-hybridized carbons (Fsp3) is 0.455. The van der Waals surface area contributed by atoms with Gasteiger partial charge < -0.3 is 4.74 Å². The van der Waals surface area contributed by atoms with Gasteiger partial charge in [-0.05, 0) is 25.0 Å². The molecule has 4 nitrogen and oxygen atoms in total. The minimum atomic E-state index is -3.11. The van der Waals surface area contributed by atoms with Gasteiger partial charge in [-0.15, -0.1) is 0 Å². The van der Waals surface area contributed by atoms with Crippen LogP contribution in [0.25, 0.3) is 0 Å². The maximum absolute atomic E-state index is 10.9. The van der Waals surface area contributed by atoms with Crippen molar-refractivity contribution in [3.63, 3.8) is 0 Å². The van der Waals surface area contributed by atoms with E-state index in [1.807, 2.05) is 31.2 Å². The van der Waals surface area contributed by atoms with Gasteiger partial charge in [0.05, 0.1) is 12.9 Å². The highest BCUT2D eigenvalue weighted by Gasteiger charge is 2.04. The monoisotopic (exact) mass is 243 g/mol. The summed E-state index contributed by atoms with van der Waals surface area (Å²) in [5.74, 6) is 0.820. The number of rotatable bonds is 6. The quantitative estimate of drug-likeness (QED) is 0.816. The van der Waals surface area contributed by atoms with Gasteiger partial charge in [-0.25, -0.2) is 13.1 Å². The van der Waals surface area contributed by atoms with E-state index in [-0.39, 0.29) is 0 Å². The average molecular weight is 243 g/mol. The van der Waals surface area contributed by atoms with Crippen molar-refractivity contribution in [1.82, 2.24) is 4.72 Å². The molecule has 0 aliphatic rings. The topological polar surface area (TPSA) is 55.4 Å². The van der Waals surface area contributed by atoms with Gasteiger partial charge >= 0.3 is 0 Å². The van der Waals surface area contributed by atoms with Crippen molar-refractivity contribution < 1.29 is 13.2 Å². The summed E-state index contributed by atoms with van der Waals surface area (Å²) in [6, 6.07) is 7.64. The van der Waals surface area contributed by atoms with E-state index in [0.717, 1.165) is 17.6 Å². The normalized spacial score (nSPS) is 11.4. The van der Waals surface area contributed by atoms with Gasteiger partial charge in [0.15, 0.2) is 0 Å². The van der Waals surface area contributed by atoms with Gasteiger partial charge in [-0.2, -0.15) is 0 Å². The van der Waals surface area contributed by atoms with Gasteiger partial charge in [0.25, 0.3) is 0 Å². The van der Waals surface area contributed by atoms with Gasteiger partial charge in [-0.1, -0.05) is 18.2 Å². The third-order valence-corrected chi connectivity index (χ3v) is 2.76. The summed E-state index contributed by atoms with van der Waals surface area (Å²) in [7, 11) is -3.11. The first kappa shape index (κ1) is 13.0. The zero-order valence-electron chi connectivity index (χ0n) is 9.56. The molecule has 0 aliphatic carbocycles. The highest BCUT2D eigenvalue weighted by molar-refractivity contribution is 7.88. The Morgan fingerprint density at radius 1 is 1.31 bits per heavy atom. The summed E-state index contributed by atoms with van der Waals surface area (Å²) in [5.41, 5.74) is 1.01. The zero-order chi connectivity index (χ0) is 12.0. The van der Waals surface area contributed by atoms with Crippen molar-refractivity contribution in [2.24, 2.45) is 0 Å². The lowest BCUT2D eigenvalue weighted by Crippen LogP contribution is -2.24. The standard InChI is InChI=1S/C11H17NO3S/c1-3-15-11-7-5-4-6-10(11)8-9-12-16(2,13)14/h4-7,12H,3,8-9H2,1-2H3. The van der Waals surface area contributed by atoms with Crippen LogP contribution < -0.4 is 9.46 Å². The van der Waals surface area contributed by atoms with Crippen LogP contribution in [0.1, 0.15) is 12.5 Å². The van der Waals surface area contributed by atoms with Crippen molar-refractivity contribution in [3.8, 4) is 5.75 Å². The molecule has 0 aliphatic heterocycles. The fourth-order valence-corrected chi connectivity index (χ4v) is 1.85. The molecule has 0 heterocycles. The number of hydrogen-bond acceptors (Lipinski definition) is 3. The Kier molecular flexibility index (Phi) is 4.76. The summed E-state index contributed by atoms with van der Waals surface area (Å²) < 4.78 is 29.7. The van der Waals surface area contributed by atoms with Crippen LogP contribution in [-0.4, -0.2) is 27.8 Å². The van der Waals surface area contributed by atoms with Gasteiger partial charge in [-0.3, -0.25) is 0 Å². The molecule has 1 rings (SSSR count). The Balaban J connectivity index is 2.59. The molecule has 0 bridgehead atoms. The second-order valence-corrected chi connectivity index (χ2v) is 5.29. The molecular weight excluding hydrogens is 226 g/mol. The van der Waals surface area contributed by atoms with E-state index in [1.54, 1.807) is 0 Å². The van der Waals surface area contributed by atoms with Crippen molar-refractivity contribution in [1.29, 1.82) is 0 Å². The van der Waals surface area contributed by atoms with E-state index in [2.05, 4.69) is 4.72 Å². The second kappa shape index (κ2) is 5.86. The summed E-state index contributed by atoms with van der Waals surface area (Å²) in [5, 5.41) is 0. The largest absolute Gasteiger partial charge is 0.494 e. The second-order valence-electron chi connectivity index (χ2n) is 3.46. The summed E-state index contributed by atoms with van der Waals surface area (Å²) in [6.45, 7) is 2.92. The smallest absolute Gasteiger partial charge is 0.208 e. The van der Waals surface area contributed by atoms with Crippen LogP contribution in [0, 0.1) is 0 Å². The highest BCUT2D eigenvalue weighted by Crippen LogP contribution is 2.17. The van der Waals surface area contributed by atoms with E-state index < -0.39 is 10.0 Å². The van der Waals surface area contributed by atoms with Crippen molar-refractivity contribution >= 4 is 10.0 Å². The van der Waals surface area contributed by atoms with E-state index in [9.17, 15) is 8.42 Å². The SMILES string of the molecule is CCOc1ccccc1CCNS(C)(=O)=O. The van der Waals surface area contributed by atoms with Crippen molar-refractivity contribution in [2.45, 2.75) is 13.3 Å². The number of nitrogens with one attached hydrogen (secondary N) is 1. The van der Waals surface area contributed by atoms with Crippen LogP contribution >= 0.6 is 0 Å². The molecule has 1 aromatic carbocycles. The molecule has 0 radical (unpaired) electrons. The molecule has 0 unspecified atom stereocenters. The van der Waals surface area contributed by atoms with Crippen LogP contribution in [0.15, 0.2) is 24.3 Å². The van der Waals surface area contributed by atoms with E-state index >= 15 is 0 Å². The highest BCUT2D eigenvalue weighted by atomic mass is 32.2. The van der Waals surface area contributed by atoms with Crippen LogP contribution in [0.3, 0.4) is 0 Å². The number of benzene rings is 1. The van der Waals surface area contributed by atoms with Crippen molar-refractivity contribution in [2.75, 3.05) is 19.4 Å². The fourth-order valence-electron chi connectivity index (χ4n) is 1.38. The molecule has 0 amide bonds. The van der Waals surface area contributed by atoms with E-state index in [0.29, 0.717) is 19.6 Å². The zero-order valence-corrected chi connectivity index (χ0v) is 10.4. The van der Waals surface area contributed by atoms with Crippen molar-refractivity contribution in [3.05, 3.63) is 29.8 Å². The maximum Gasteiger partial charge on any atom is 0.208 e. The predicted octanol–water partition coefficient (Wildman–Crippen LogP) is 1.18. The summed E-state index contributed by atoms with van der Waals surface area (Å²) >= 11 is 0. The molecule has 1 N–H and O–H groups in total. The molecule has 0 aromatic heterocycles. The summed E-state index contributed by atoms with van der Waals surface area (Å²) in [6.07, 6.45) is 1.78. The molecule has 5 heteroatoms. The molecule has 0 saturated carbocycles. The van der Waals surface area contributed by atoms with Crippen LogP contribution in [-0.2, 0) is 16.4 Å². The first-order valence-corrected chi connectivity index (χ1v) is 7.07. The number of hydrogen-bond donors (Lipinski definition) is 1. The Bertz CT molecular complexity index is 429. The Morgan fingerprint density at radius 2 is 2.00 bits per heavy atom. The Morgan fingerprint density at radius 3 is 2.62 bits per heavy atom. The maximum atomic E-state index is 10.9. The minimum Gasteiger partial charge on any atom is -0.494 e. The molecule has 1 aromatic rings. The molecule has 16 heavy (non-hydrogen) atoms. The van der Waals surface area contributed by atoms with Gasteiger partial charge in [0.1, 0.15) is 5.75 Å². The summed E-state index contributed by atoms with van der Waals surface area (Å²) in [4.78, 5) is 0. The number of sulfonamides is 1. The van der Waals surface area contributed by atoms with Crippen LogP contribution in [0.5, 0.6) is 5.75 Å². The Hall–Kier alpha value is -1.07. The van der Waals surface area contributed by atoms with Crippen LogP contribution in [0.2, 0.25) is 0 Å². The molecule has 90 valence electrons.